The third kappa shape index (κ3) is 3.73. The van der Waals surface area contributed by atoms with E-state index < -0.39 is 23.4 Å². The van der Waals surface area contributed by atoms with Crippen molar-refractivity contribution in [2.75, 3.05) is 21.1 Å². The number of cyclic esters (lactones) is 2. The van der Waals surface area contributed by atoms with E-state index in [0.29, 0.717) is 0 Å². The maximum absolute atomic E-state index is 11.6. The average Bonchev–Trinajstić information content (AvgIpc) is 2.56. The number of nitrogens with one attached hydrogen (secondary N) is 1. The van der Waals surface area contributed by atoms with Crippen molar-refractivity contribution in [3.8, 4) is 0 Å². The molecule has 0 bridgehead atoms. The number of nitrogens with zero attached hydrogens (tertiary/aromatic N) is 3. The van der Waals surface area contributed by atoms with E-state index in [1.165, 1.54) is 52.2 Å². The lowest BCUT2D eigenvalue weighted by molar-refractivity contribution is -0.169. The van der Waals surface area contributed by atoms with Crippen molar-refractivity contribution in [3.63, 3.8) is 0 Å². The molecule has 10 heteroatoms. The first-order chi connectivity index (χ1) is 11.4. The van der Waals surface area contributed by atoms with Gasteiger partial charge in [-0.1, -0.05) is 13.2 Å². The van der Waals surface area contributed by atoms with E-state index in [-0.39, 0.29) is 11.8 Å². The van der Waals surface area contributed by atoms with Gasteiger partial charge in [-0.05, 0) is 26.0 Å². The topological polar surface area (TPSA) is 108 Å². The standard InChI is InChI=1S/C8H12N2O3.C7H10N2O3/c1-5-8(2)6(11)9(3)10(4)7(12)13-8;1-4-7(2)5(10)9(3)8-6(11)12-7/h5H,1H2,2-4H3;4H,1H2,2-3H3,(H,8,11). The van der Waals surface area contributed by atoms with Gasteiger partial charge in [-0.2, -0.15) is 0 Å². The first-order valence-corrected chi connectivity index (χ1v) is 7.21. The number of ether oxygens (including phenoxy) is 2. The molecule has 2 atom stereocenters. The number of hydrazine groups is 2. The zero-order valence-corrected chi connectivity index (χ0v) is 14.9. The molecule has 2 rings (SSSR count). The lowest BCUT2D eigenvalue weighted by atomic mass is 10.1. The number of amides is 4. The van der Waals surface area contributed by atoms with E-state index in [4.69, 9.17) is 9.47 Å². The van der Waals surface area contributed by atoms with Crippen molar-refractivity contribution in [3.05, 3.63) is 25.3 Å². The molecule has 0 aliphatic carbocycles. The molecule has 0 aromatic heterocycles. The Balaban J connectivity index is 0.000000251. The van der Waals surface area contributed by atoms with Crippen LogP contribution in [0.1, 0.15) is 13.8 Å². The number of carbonyl (C=O) groups excluding carboxylic acids is 4. The molecule has 2 aliphatic heterocycles. The highest BCUT2D eigenvalue weighted by molar-refractivity contribution is 5.93. The second kappa shape index (κ2) is 6.83. The van der Waals surface area contributed by atoms with Crippen LogP contribution >= 0.6 is 0 Å². The molecule has 2 saturated heterocycles. The normalized spacial score (nSPS) is 29.1. The lowest BCUT2D eigenvalue weighted by Crippen LogP contribution is -2.60. The third-order valence-electron chi connectivity index (χ3n) is 3.80. The molecule has 0 saturated carbocycles. The highest BCUT2D eigenvalue weighted by Gasteiger charge is 2.44. The van der Waals surface area contributed by atoms with Gasteiger partial charge in [-0.3, -0.25) is 14.6 Å². The molecule has 25 heavy (non-hydrogen) atoms. The summed E-state index contributed by atoms with van der Waals surface area (Å²) in [4.78, 5) is 44.9. The SMILES string of the molecule is C=CC1(C)OC(=O)N(C)N(C)C1=O.C=CC1(C)OC(=O)NN(C)C1=O. The number of likely N-dealkylation sites (N-methyl/N-ethyl adjacent to an activating group) is 2. The summed E-state index contributed by atoms with van der Waals surface area (Å²) in [6.45, 7) is 9.87. The average molecular weight is 354 g/mol. The van der Waals surface area contributed by atoms with Crippen molar-refractivity contribution in [1.82, 2.24) is 20.5 Å². The van der Waals surface area contributed by atoms with Gasteiger partial charge >= 0.3 is 12.2 Å². The van der Waals surface area contributed by atoms with Crippen LogP contribution in [0.2, 0.25) is 0 Å². The van der Waals surface area contributed by atoms with Crippen LogP contribution in [0.25, 0.3) is 0 Å². The summed E-state index contributed by atoms with van der Waals surface area (Å²) in [6.07, 6.45) is 1.39. The second-order valence-corrected chi connectivity index (χ2v) is 5.71. The zero-order valence-electron chi connectivity index (χ0n) is 14.9. The Bertz CT molecular complexity index is 636. The molecule has 2 unspecified atom stereocenters. The number of hydrogen-bond acceptors (Lipinski definition) is 6. The van der Waals surface area contributed by atoms with Crippen LogP contribution in [-0.2, 0) is 19.1 Å². The van der Waals surface area contributed by atoms with E-state index in [1.54, 1.807) is 0 Å². The summed E-state index contributed by atoms with van der Waals surface area (Å²) in [7, 11) is 4.41. The van der Waals surface area contributed by atoms with Gasteiger partial charge in [0.15, 0.2) is 0 Å². The van der Waals surface area contributed by atoms with Crippen LogP contribution in [0, 0.1) is 0 Å². The molecule has 2 fully saturated rings. The summed E-state index contributed by atoms with van der Waals surface area (Å²) in [5.41, 5.74) is -0.283. The molecule has 2 heterocycles. The molecule has 10 nitrogen and oxygen atoms in total. The largest absolute Gasteiger partial charge is 0.429 e. The predicted octanol–water partition coefficient (Wildman–Crippen LogP) is 0.431. The molecule has 138 valence electrons. The second-order valence-electron chi connectivity index (χ2n) is 5.71. The highest BCUT2D eigenvalue weighted by Crippen LogP contribution is 2.22. The molecular weight excluding hydrogens is 332 g/mol. The molecule has 0 aromatic rings. The zero-order chi connectivity index (χ0) is 19.6. The summed E-state index contributed by atoms with van der Waals surface area (Å²) in [5.74, 6) is -0.665. The minimum atomic E-state index is -1.24. The van der Waals surface area contributed by atoms with Gasteiger partial charge in [0, 0.05) is 21.1 Å². The van der Waals surface area contributed by atoms with E-state index in [0.717, 1.165) is 10.0 Å². The molecule has 0 radical (unpaired) electrons. The van der Waals surface area contributed by atoms with Crippen molar-refractivity contribution >= 4 is 24.0 Å². The van der Waals surface area contributed by atoms with Crippen LogP contribution in [0.15, 0.2) is 25.3 Å². The van der Waals surface area contributed by atoms with Crippen LogP contribution in [0.4, 0.5) is 9.59 Å². The molecule has 4 amide bonds. The van der Waals surface area contributed by atoms with Crippen LogP contribution in [-0.4, -0.2) is 71.4 Å². The number of carbonyl (C=O) groups is 4. The van der Waals surface area contributed by atoms with Crippen LogP contribution in [0.3, 0.4) is 0 Å². The summed E-state index contributed by atoms with van der Waals surface area (Å²) in [5, 5.41) is 3.38. The van der Waals surface area contributed by atoms with Crippen LogP contribution < -0.4 is 5.43 Å². The predicted molar refractivity (Wildman–Crippen MR) is 86.6 cm³/mol. The van der Waals surface area contributed by atoms with Crippen molar-refractivity contribution in [1.29, 1.82) is 0 Å². The van der Waals surface area contributed by atoms with Gasteiger partial charge in [0.25, 0.3) is 11.8 Å². The summed E-state index contributed by atoms with van der Waals surface area (Å²) >= 11 is 0. The highest BCUT2D eigenvalue weighted by atomic mass is 16.6. The summed E-state index contributed by atoms with van der Waals surface area (Å²) < 4.78 is 9.64. The Morgan fingerprint density at radius 3 is 1.84 bits per heavy atom. The Morgan fingerprint density at radius 2 is 1.36 bits per heavy atom. The monoisotopic (exact) mass is 354 g/mol. The Kier molecular flexibility index (Phi) is 5.47. The maximum Gasteiger partial charge on any atom is 0.429 e. The quantitative estimate of drug-likeness (QED) is 0.721. The third-order valence-corrected chi connectivity index (χ3v) is 3.80. The number of rotatable bonds is 2. The van der Waals surface area contributed by atoms with Gasteiger partial charge in [0.2, 0.25) is 11.2 Å². The molecule has 1 N–H and O–H groups in total. The fraction of sp³-hybridized carbons (Fsp3) is 0.467. The first kappa shape index (κ1) is 20.0. The fourth-order valence-electron chi connectivity index (χ4n) is 1.91. The maximum atomic E-state index is 11.6. The Hall–Kier alpha value is -3.04. The molecule has 0 aromatic carbocycles. The van der Waals surface area contributed by atoms with E-state index in [2.05, 4.69) is 18.6 Å². The van der Waals surface area contributed by atoms with Crippen molar-refractivity contribution in [2.24, 2.45) is 0 Å². The van der Waals surface area contributed by atoms with Gasteiger partial charge in [-0.15, -0.1) is 0 Å². The van der Waals surface area contributed by atoms with Crippen molar-refractivity contribution < 1.29 is 28.7 Å². The first-order valence-electron chi connectivity index (χ1n) is 7.21. The fourth-order valence-corrected chi connectivity index (χ4v) is 1.91. The van der Waals surface area contributed by atoms with Gasteiger partial charge in [-0.25, -0.2) is 25.0 Å². The van der Waals surface area contributed by atoms with Crippen molar-refractivity contribution in [2.45, 2.75) is 25.0 Å². The minimum Gasteiger partial charge on any atom is -0.427 e. The van der Waals surface area contributed by atoms with E-state index >= 15 is 0 Å². The van der Waals surface area contributed by atoms with E-state index in [1.807, 2.05) is 0 Å². The van der Waals surface area contributed by atoms with Gasteiger partial charge in [0.05, 0.1) is 0 Å². The molecule has 2 aliphatic rings. The lowest BCUT2D eigenvalue weighted by Gasteiger charge is -2.40. The Morgan fingerprint density at radius 1 is 0.880 bits per heavy atom. The number of hydrogen-bond donors (Lipinski definition) is 1. The van der Waals surface area contributed by atoms with Crippen LogP contribution in [0.5, 0.6) is 0 Å². The van der Waals surface area contributed by atoms with Gasteiger partial charge in [0.1, 0.15) is 0 Å². The minimum absolute atomic E-state index is 0.315. The Labute approximate surface area is 145 Å². The molecule has 0 spiro atoms. The van der Waals surface area contributed by atoms with E-state index in [9.17, 15) is 19.2 Å². The summed E-state index contributed by atoms with van der Waals surface area (Å²) in [6, 6.07) is 0. The van der Waals surface area contributed by atoms with Gasteiger partial charge < -0.3 is 9.47 Å². The smallest absolute Gasteiger partial charge is 0.427 e. The molecular formula is C15H22N4O6.